The van der Waals surface area contributed by atoms with Gasteiger partial charge in [0.15, 0.2) is 9.84 Å². The van der Waals surface area contributed by atoms with Gasteiger partial charge in [-0.2, -0.15) is 13.2 Å². The molecular formula is C17H20ClF3N2O4S2. The number of ether oxygens (including phenoxy) is 1. The maximum atomic E-state index is 12.8. The Hall–Kier alpha value is -1.04. The number of aromatic nitrogens is 1. The molecule has 2 aliphatic rings. The lowest BCUT2D eigenvalue weighted by Crippen LogP contribution is -2.46. The highest BCUT2D eigenvalue weighted by molar-refractivity contribution is 8.00. The molecule has 0 unspecified atom stereocenters. The van der Waals surface area contributed by atoms with Crippen molar-refractivity contribution in [2.24, 2.45) is 0 Å². The van der Waals surface area contributed by atoms with Crippen molar-refractivity contribution in [2.45, 2.75) is 42.6 Å². The van der Waals surface area contributed by atoms with Gasteiger partial charge in [-0.15, -0.1) is 0 Å². The smallest absolute Gasteiger partial charge is 0.376 e. The third-order valence-electron chi connectivity index (χ3n) is 4.86. The van der Waals surface area contributed by atoms with E-state index < -0.39 is 27.6 Å². The molecule has 1 amide bonds. The largest absolute Gasteiger partial charge is 0.417 e. The number of sulfone groups is 1. The maximum Gasteiger partial charge on any atom is 0.417 e. The molecule has 6 nitrogen and oxygen atoms in total. The van der Waals surface area contributed by atoms with Gasteiger partial charge in [-0.25, -0.2) is 13.4 Å². The SMILES string of the molecule is O=C(CSc1ncc(C(F)(F)F)cc1Cl)N(C[C@H]1CCCO1)[C@@H]1CCS(=O)(=O)C1. The van der Waals surface area contributed by atoms with Gasteiger partial charge in [-0.3, -0.25) is 4.79 Å². The van der Waals surface area contributed by atoms with Gasteiger partial charge in [0.2, 0.25) is 5.91 Å². The average molecular weight is 473 g/mol. The summed E-state index contributed by atoms with van der Waals surface area (Å²) >= 11 is 6.82. The van der Waals surface area contributed by atoms with Crippen LogP contribution in [-0.2, 0) is 25.5 Å². The molecule has 2 atom stereocenters. The number of pyridine rings is 1. The zero-order valence-corrected chi connectivity index (χ0v) is 17.7. The lowest BCUT2D eigenvalue weighted by molar-refractivity contribution is -0.138. The first kappa shape index (κ1) is 22.6. The monoisotopic (exact) mass is 472 g/mol. The molecule has 2 aliphatic heterocycles. The minimum Gasteiger partial charge on any atom is -0.376 e. The summed E-state index contributed by atoms with van der Waals surface area (Å²) in [6.45, 7) is 0.906. The predicted molar refractivity (Wildman–Crippen MR) is 103 cm³/mol. The Morgan fingerprint density at radius 2 is 2.14 bits per heavy atom. The van der Waals surface area contributed by atoms with Crippen LogP contribution in [0.15, 0.2) is 17.3 Å². The zero-order chi connectivity index (χ0) is 21.2. The summed E-state index contributed by atoms with van der Waals surface area (Å²) in [5, 5.41) is -0.0733. The molecule has 2 saturated heterocycles. The van der Waals surface area contributed by atoms with Crippen LogP contribution in [0.1, 0.15) is 24.8 Å². The van der Waals surface area contributed by atoms with Crippen molar-refractivity contribution < 1.29 is 31.1 Å². The molecule has 0 bridgehead atoms. The second-order valence-corrected chi connectivity index (χ2v) is 10.6. The number of nitrogens with zero attached hydrogens (tertiary/aromatic N) is 2. The van der Waals surface area contributed by atoms with E-state index in [2.05, 4.69) is 4.98 Å². The molecule has 1 aromatic heterocycles. The van der Waals surface area contributed by atoms with Crippen LogP contribution in [0.4, 0.5) is 13.2 Å². The minimum absolute atomic E-state index is 0.0341. The van der Waals surface area contributed by atoms with Gasteiger partial charge in [-0.1, -0.05) is 23.4 Å². The van der Waals surface area contributed by atoms with Gasteiger partial charge < -0.3 is 9.64 Å². The third-order valence-corrected chi connectivity index (χ3v) is 8.00. The van der Waals surface area contributed by atoms with Crippen molar-refractivity contribution in [2.75, 3.05) is 30.4 Å². The summed E-state index contributed by atoms with van der Waals surface area (Å²) in [6.07, 6.45) is -1.98. The molecule has 29 heavy (non-hydrogen) atoms. The fourth-order valence-electron chi connectivity index (χ4n) is 3.38. The summed E-state index contributed by atoms with van der Waals surface area (Å²) in [7, 11) is -3.18. The molecule has 2 fully saturated rings. The maximum absolute atomic E-state index is 12.8. The number of amides is 1. The number of carbonyl (C=O) groups excluding carboxylic acids is 1. The number of hydrogen-bond donors (Lipinski definition) is 0. The fourth-order valence-corrected chi connectivity index (χ4v) is 6.19. The van der Waals surface area contributed by atoms with Gasteiger partial charge in [0.05, 0.1) is 33.9 Å². The van der Waals surface area contributed by atoms with Crippen molar-refractivity contribution in [3.05, 3.63) is 22.8 Å². The number of rotatable bonds is 6. The van der Waals surface area contributed by atoms with E-state index in [4.69, 9.17) is 16.3 Å². The lowest BCUT2D eigenvalue weighted by Gasteiger charge is -2.30. The first-order valence-corrected chi connectivity index (χ1v) is 12.2. The van der Waals surface area contributed by atoms with Crippen LogP contribution in [-0.4, -0.2) is 66.8 Å². The Balaban J connectivity index is 1.68. The predicted octanol–water partition coefficient (Wildman–Crippen LogP) is 3.04. The van der Waals surface area contributed by atoms with Crippen molar-refractivity contribution in [3.8, 4) is 0 Å². The number of alkyl halides is 3. The van der Waals surface area contributed by atoms with Gasteiger partial charge >= 0.3 is 6.18 Å². The quantitative estimate of drug-likeness (QED) is 0.592. The highest BCUT2D eigenvalue weighted by atomic mass is 35.5. The highest BCUT2D eigenvalue weighted by Crippen LogP contribution is 2.34. The summed E-state index contributed by atoms with van der Waals surface area (Å²) in [4.78, 5) is 18.1. The van der Waals surface area contributed by atoms with E-state index in [0.717, 1.165) is 30.7 Å². The Bertz CT molecular complexity index is 861. The Labute approximate surface area is 176 Å². The topological polar surface area (TPSA) is 76.6 Å². The van der Waals surface area contributed by atoms with Crippen LogP contribution in [0.5, 0.6) is 0 Å². The van der Waals surface area contributed by atoms with E-state index in [1.54, 1.807) is 0 Å². The molecule has 3 heterocycles. The van der Waals surface area contributed by atoms with Crippen LogP contribution in [0.2, 0.25) is 5.02 Å². The minimum atomic E-state index is -4.55. The van der Waals surface area contributed by atoms with Crippen LogP contribution >= 0.6 is 23.4 Å². The van der Waals surface area contributed by atoms with Crippen LogP contribution in [0, 0.1) is 0 Å². The Kier molecular flexibility index (Phi) is 7.02. The molecule has 1 aromatic rings. The molecule has 162 valence electrons. The number of hydrogen-bond acceptors (Lipinski definition) is 6. The van der Waals surface area contributed by atoms with Gasteiger partial charge in [0.25, 0.3) is 0 Å². The molecule has 0 aromatic carbocycles. The van der Waals surface area contributed by atoms with Crippen LogP contribution < -0.4 is 0 Å². The van der Waals surface area contributed by atoms with E-state index in [1.165, 1.54) is 4.90 Å². The van der Waals surface area contributed by atoms with Crippen molar-refractivity contribution in [3.63, 3.8) is 0 Å². The van der Waals surface area contributed by atoms with Crippen molar-refractivity contribution >= 4 is 39.1 Å². The van der Waals surface area contributed by atoms with E-state index in [1.807, 2.05) is 0 Å². The molecule has 0 spiro atoms. The number of carbonyl (C=O) groups is 1. The normalized spacial score (nSPS) is 24.0. The molecule has 12 heteroatoms. The molecule has 0 N–H and O–H groups in total. The van der Waals surface area contributed by atoms with Crippen LogP contribution in [0.25, 0.3) is 0 Å². The summed E-state index contributed by atoms with van der Waals surface area (Å²) in [6, 6.07) is 0.350. The zero-order valence-electron chi connectivity index (χ0n) is 15.3. The molecule has 3 rings (SSSR count). The van der Waals surface area contributed by atoms with Gasteiger partial charge in [-0.05, 0) is 25.3 Å². The first-order chi connectivity index (χ1) is 13.5. The van der Waals surface area contributed by atoms with Crippen molar-refractivity contribution in [1.82, 2.24) is 9.88 Å². The fraction of sp³-hybridized carbons (Fsp3) is 0.647. The molecule has 0 saturated carbocycles. The summed E-state index contributed by atoms with van der Waals surface area (Å²) in [5.41, 5.74) is -0.964. The second-order valence-electron chi connectivity index (χ2n) is 7.04. The molecule has 0 radical (unpaired) electrons. The summed E-state index contributed by atoms with van der Waals surface area (Å²) in [5.74, 6) is -0.478. The van der Waals surface area contributed by atoms with E-state index in [9.17, 15) is 26.4 Å². The standard InChI is InChI=1S/C17H20ClF3N2O4S2/c18-14-6-11(17(19,20)21)7-22-16(14)28-9-15(24)23(8-13-2-1-4-27-13)12-3-5-29(25,26)10-12/h6-7,12-13H,1-5,8-10H2/t12-,13-/m1/s1. The Morgan fingerprint density at radius 3 is 2.69 bits per heavy atom. The van der Waals surface area contributed by atoms with Crippen molar-refractivity contribution in [1.29, 1.82) is 0 Å². The third kappa shape index (κ3) is 5.99. The molecule has 0 aliphatic carbocycles. The van der Waals surface area contributed by atoms with Crippen LogP contribution in [0.3, 0.4) is 0 Å². The molecular weight excluding hydrogens is 453 g/mol. The lowest BCUT2D eigenvalue weighted by atomic mass is 10.1. The highest BCUT2D eigenvalue weighted by Gasteiger charge is 2.36. The van der Waals surface area contributed by atoms with E-state index in [0.29, 0.717) is 25.8 Å². The number of halogens is 4. The second kappa shape index (κ2) is 8.99. The van der Waals surface area contributed by atoms with E-state index >= 15 is 0 Å². The Morgan fingerprint density at radius 1 is 1.38 bits per heavy atom. The summed E-state index contributed by atoms with van der Waals surface area (Å²) < 4.78 is 67.4. The van der Waals surface area contributed by atoms with Gasteiger partial charge in [0.1, 0.15) is 5.03 Å². The first-order valence-electron chi connectivity index (χ1n) is 9.02. The number of thioether (sulfide) groups is 1. The van der Waals surface area contributed by atoms with Gasteiger partial charge in [0, 0.05) is 25.4 Å². The average Bonchev–Trinajstić information content (AvgIpc) is 3.26. The van der Waals surface area contributed by atoms with E-state index in [-0.39, 0.29) is 39.3 Å².